The predicted molar refractivity (Wildman–Crippen MR) is 65.7 cm³/mol. The Morgan fingerprint density at radius 1 is 1.12 bits per heavy atom. The molecule has 0 aliphatic heterocycles. The van der Waals surface area contributed by atoms with Crippen LogP contribution >= 0.6 is 0 Å². The zero-order valence-electron chi connectivity index (χ0n) is 10.5. The van der Waals surface area contributed by atoms with Crippen molar-refractivity contribution >= 4 is 11.2 Å². The molecule has 86 valence electrons. The summed E-state index contributed by atoms with van der Waals surface area (Å²) >= 11 is 0. The molecule has 16 heavy (non-hydrogen) atoms. The normalized spacial score (nSPS) is 11.6. The van der Waals surface area contributed by atoms with Gasteiger partial charge in [0.15, 0.2) is 0 Å². The fraction of sp³-hybridized carbons (Fsp3) is 0.500. The zero-order valence-corrected chi connectivity index (χ0v) is 10.5. The van der Waals surface area contributed by atoms with Gasteiger partial charge >= 0.3 is 0 Å². The van der Waals surface area contributed by atoms with E-state index in [1.54, 1.807) is 0 Å². The van der Waals surface area contributed by atoms with E-state index in [-0.39, 0.29) is 0 Å². The van der Waals surface area contributed by atoms with E-state index >= 15 is 0 Å². The van der Waals surface area contributed by atoms with Crippen molar-refractivity contribution in [1.29, 1.82) is 0 Å². The molecule has 0 radical (unpaired) electrons. The zero-order chi connectivity index (χ0) is 12.0. The lowest BCUT2D eigenvalue weighted by Gasteiger charge is -2.09. The van der Waals surface area contributed by atoms with E-state index in [4.69, 9.17) is 5.73 Å². The highest BCUT2D eigenvalue weighted by Gasteiger charge is 2.16. The Balaban J connectivity index is 2.92. The molecular formula is C12H18N4. The molecule has 2 N–H and O–H groups in total. The van der Waals surface area contributed by atoms with Gasteiger partial charge in [-0.2, -0.15) is 5.10 Å². The third-order valence-corrected chi connectivity index (χ3v) is 3.02. The number of aromatic nitrogens is 3. The van der Waals surface area contributed by atoms with Crippen molar-refractivity contribution < 1.29 is 0 Å². The monoisotopic (exact) mass is 218 g/mol. The summed E-state index contributed by atoms with van der Waals surface area (Å²) < 4.78 is 1.89. The average Bonchev–Trinajstić information content (AvgIpc) is 2.52. The minimum Gasteiger partial charge on any atom is -0.397 e. The maximum Gasteiger partial charge on any atom is 0.133 e. The van der Waals surface area contributed by atoms with E-state index in [0.717, 1.165) is 34.0 Å². The second-order valence-electron chi connectivity index (χ2n) is 4.59. The Hall–Kier alpha value is -1.58. The van der Waals surface area contributed by atoms with Crippen molar-refractivity contribution in [2.75, 3.05) is 5.73 Å². The molecule has 0 aromatic carbocycles. The second-order valence-corrected chi connectivity index (χ2v) is 4.59. The first kappa shape index (κ1) is 10.9. The summed E-state index contributed by atoms with van der Waals surface area (Å²) in [5.41, 5.74) is 10.8. The molecule has 2 aromatic heterocycles. The van der Waals surface area contributed by atoms with Crippen molar-refractivity contribution in [1.82, 2.24) is 14.6 Å². The Bertz CT molecular complexity index is 552. The molecule has 0 bridgehead atoms. The van der Waals surface area contributed by atoms with Crippen molar-refractivity contribution in [3.8, 4) is 0 Å². The third-order valence-electron chi connectivity index (χ3n) is 3.02. The summed E-state index contributed by atoms with van der Waals surface area (Å²) in [7, 11) is 0. The summed E-state index contributed by atoms with van der Waals surface area (Å²) in [6.45, 7) is 10.2. The van der Waals surface area contributed by atoms with Crippen LogP contribution in [0, 0.1) is 20.8 Å². The van der Waals surface area contributed by atoms with Crippen LogP contribution in [0.2, 0.25) is 0 Å². The Labute approximate surface area is 95.5 Å². The van der Waals surface area contributed by atoms with Crippen molar-refractivity contribution in [2.45, 2.75) is 40.5 Å². The number of hydrogen-bond acceptors (Lipinski definition) is 3. The van der Waals surface area contributed by atoms with E-state index in [0.29, 0.717) is 5.92 Å². The molecule has 2 aromatic rings. The van der Waals surface area contributed by atoms with E-state index < -0.39 is 0 Å². The third kappa shape index (κ3) is 1.37. The first-order chi connectivity index (χ1) is 7.43. The molecule has 2 heterocycles. The van der Waals surface area contributed by atoms with Crippen LogP contribution in [0.4, 0.5) is 5.69 Å². The highest BCUT2D eigenvalue weighted by molar-refractivity contribution is 5.75. The molecule has 0 spiro atoms. The molecule has 0 aliphatic rings. The van der Waals surface area contributed by atoms with Crippen LogP contribution in [0.25, 0.3) is 5.52 Å². The SMILES string of the molecule is Cc1nn2c(C(C)C)nc(C)c2c(N)c1C. The molecule has 0 unspecified atom stereocenters. The van der Waals surface area contributed by atoms with Crippen LogP contribution in [0.5, 0.6) is 0 Å². The number of nitrogen functional groups attached to an aromatic ring is 1. The number of nitrogens with two attached hydrogens (primary N) is 1. The molecule has 0 fully saturated rings. The molecule has 4 heteroatoms. The van der Waals surface area contributed by atoms with E-state index in [1.165, 1.54) is 0 Å². The molecule has 0 saturated heterocycles. The van der Waals surface area contributed by atoms with E-state index in [2.05, 4.69) is 23.9 Å². The quantitative estimate of drug-likeness (QED) is 0.799. The fourth-order valence-electron chi connectivity index (χ4n) is 1.92. The molecule has 0 aliphatic carbocycles. The maximum atomic E-state index is 6.13. The summed E-state index contributed by atoms with van der Waals surface area (Å²) in [4.78, 5) is 4.55. The molecular weight excluding hydrogens is 200 g/mol. The number of aryl methyl sites for hydroxylation is 2. The summed E-state index contributed by atoms with van der Waals surface area (Å²) in [5.74, 6) is 1.32. The number of imidazole rings is 1. The van der Waals surface area contributed by atoms with Crippen LogP contribution in [-0.2, 0) is 0 Å². The topological polar surface area (TPSA) is 56.2 Å². The first-order valence-corrected chi connectivity index (χ1v) is 5.55. The smallest absolute Gasteiger partial charge is 0.133 e. The standard InChI is InChI=1S/C12H18N4/c1-6(2)12-14-9(5)11-10(13)7(3)8(4)15-16(11)12/h6H,13H2,1-5H3. The average molecular weight is 218 g/mol. The van der Waals surface area contributed by atoms with Crippen LogP contribution in [0.3, 0.4) is 0 Å². The number of anilines is 1. The fourth-order valence-corrected chi connectivity index (χ4v) is 1.92. The van der Waals surface area contributed by atoms with Gasteiger partial charge in [-0.05, 0) is 26.3 Å². The summed E-state index contributed by atoms with van der Waals surface area (Å²) in [5, 5.41) is 4.55. The lowest BCUT2D eigenvalue weighted by molar-refractivity contribution is 0.718. The lowest BCUT2D eigenvalue weighted by Crippen LogP contribution is -2.06. The summed E-state index contributed by atoms with van der Waals surface area (Å²) in [6, 6.07) is 0. The Kier molecular flexibility index (Phi) is 2.37. The van der Waals surface area contributed by atoms with E-state index in [1.807, 2.05) is 25.3 Å². The highest BCUT2D eigenvalue weighted by Crippen LogP contribution is 2.26. The highest BCUT2D eigenvalue weighted by atomic mass is 15.3. The van der Waals surface area contributed by atoms with Gasteiger partial charge in [0, 0.05) is 5.92 Å². The molecule has 4 nitrogen and oxygen atoms in total. The number of fused-ring (bicyclic) bond motifs is 1. The first-order valence-electron chi connectivity index (χ1n) is 5.55. The number of hydrogen-bond donors (Lipinski definition) is 1. The molecule has 2 rings (SSSR count). The van der Waals surface area contributed by atoms with Gasteiger partial charge < -0.3 is 5.73 Å². The largest absolute Gasteiger partial charge is 0.397 e. The van der Waals surface area contributed by atoms with Gasteiger partial charge in [0.25, 0.3) is 0 Å². The maximum absolute atomic E-state index is 6.13. The van der Waals surface area contributed by atoms with Crippen molar-refractivity contribution in [3.05, 3.63) is 22.8 Å². The molecule has 0 saturated carbocycles. The van der Waals surface area contributed by atoms with Gasteiger partial charge in [-0.15, -0.1) is 0 Å². The van der Waals surface area contributed by atoms with Gasteiger partial charge in [0.1, 0.15) is 11.3 Å². The molecule has 0 amide bonds. The Morgan fingerprint density at radius 2 is 1.75 bits per heavy atom. The van der Waals surface area contributed by atoms with Crippen LogP contribution < -0.4 is 5.73 Å². The summed E-state index contributed by atoms with van der Waals surface area (Å²) in [6.07, 6.45) is 0. The minimum absolute atomic E-state index is 0.343. The molecule has 0 atom stereocenters. The van der Waals surface area contributed by atoms with Crippen LogP contribution in [-0.4, -0.2) is 14.6 Å². The minimum atomic E-state index is 0.343. The Morgan fingerprint density at radius 3 is 2.31 bits per heavy atom. The van der Waals surface area contributed by atoms with Crippen LogP contribution in [0.15, 0.2) is 0 Å². The van der Waals surface area contributed by atoms with Crippen molar-refractivity contribution in [3.63, 3.8) is 0 Å². The van der Waals surface area contributed by atoms with Gasteiger partial charge in [-0.3, -0.25) is 0 Å². The predicted octanol–water partition coefficient (Wildman–Crippen LogP) is 2.36. The van der Waals surface area contributed by atoms with Gasteiger partial charge in [0.05, 0.1) is 17.1 Å². The van der Waals surface area contributed by atoms with E-state index in [9.17, 15) is 0 Å². The van der Waals surface area contributed by atoms with Crippen molar-refractivity contribution in [2.24, 2.45) is 0 Å². The lowest BCUT2D eigenvalue weighted by atomic mass is 10.2. The van der Waals surface area contributed by atoms with Crippen LogP contribution in [0.1, 0.15) is 42.5 Å². The number of rotatable bonds is 1. The number of nitrogens with zero attached hydrogens (tertiary/aromatic N) is 3. The van der Waals surface area contributed by atoms with Gasteiger partial charge in [-0.25, -0.2) is 9.50 Å². The van der Waals surface area contributed by atoms with Gasteiger partial charge in [-0.1, -0.05) is 13.8 Å². The van der Waals surface area contributed by atoms with Gasteiger partial charge in [0.2, 0.25) is 0 Å². The second kappa shape index (κ2) is 3.47.